The number of carboxylic acid groups (broad SMARTS) is 1. The number of hydrogen-bond acceptors (Lipinski definition) is 3. The first-order valence-corrected chi connectivity index (χ1v) is 8.74. The number of nitrogens with zero attached hydrogens (tertiary/aromatic N) is 2. The molecule has 1 rings (SSSR count). The Hall–Kier alpha value is -0.910. The van der Waals surface area contributed by atoms with Gasteiger partial charge in [-0.3, -0.25) is 4.90 Å². The first kappa shape index (κ1) is 18.1. The van der Waals surface area contributed by atoms with Gasteiger partial charge in [-0.25, -0.2) is 9.59 Å². The predicted octanol–water partition coefficient (Wildman–Crippen LogP) is 2.96. The summed E-state index contributed by atoms with van der Waals surface area (Å²) in [4.78, 5) is 27.7. The molecule has 0 bridgehead atoms. The minimum absolute atomic E-state index is 0.0274. The third kappa shape index (κ3) is 4.80. The molecule has 2 amide bonds. The smallest absolute Gasteiger partial charge is 0.327 e. The molecule has 1 aliphatic heterocycles. The van der Waals surface area contributed by atoms with Crippen LogP contribution in [0.4, 0.5) is 4.79 Å². The van der Waals surface area contributed by atoms with E-state index in [2.05, 4.69) is 27.7 Å². The highest BCUT2D eigenvalue weighted by atomic mass is 32.2. The number of urea groups is 1. The van der Waals surface area contributed by atoms with Gasteiger partial charge in [0.05, 0.1) is 5.37 Å². The molecule has 1 fully saturated rings. The summed E-state index contributed by atoms with van der Waals surface area (Å²) in [6.45, 7) is 11.6. The summed E-state index contributed by atoms with van der Waals surface area (Å²) in [5, 5.41) is 9.34. The fourth-order valence-electron chi connectivity index (χ4n) is 2.60. The molecule has 0 aromatic rings. The van der Waals surface area contributed by atoms with E-state index in [4.69, 9.17) is 0 Å². The van der Waals surface area contributed by atoms with E-state index < -0.39 is 12.0 Å². The number of carbonyl (C=O) groups is 2. The summed E-state index contributed by atoms with van der Waals surface area (Å²) in [6, 6.07) is -0.823. The van der Waals surface area contributed by atoms with E-state index in [1.165, 1.54) is 0 Å². The molecule has 0 radical (unpaired) electrons. The number of carboxylic acids is 1. The third-order valence-electron chi connectivity index (χ3n) is 3.39. The van der Waals surface area contributed by atoms with Crippen LogP contribution < -0.4 is 0 Å². The fourth-order valence-corrected chi connectivity index (χ4v) is 3.94. The van der Waals surface area contributed by atoms with E-state index >= 15 is 0 Å². The van der Waals surface area contributed by atoms with E-state index in [-0.39, 0.29) is 11.4 Å². The summed E-state index contributed by atoms with van der Waals surface area (Å²) >= 11 is 1.57. The number of amides is 2. The summed E-state index contributed by atoms with van der Waals surface area (Å²) < 4.78 is 0. The van der Waals surface area contributed by atoms with E-state index in [1.54, 1.807) is 16.7 Å². The predicted molar refractivity (Wildman–Crippen MR) is 86.4 cm³/mol. The lowest BCUT2D eigenvalue weighted by molar-refractivity contribution is -0.141. The van der Waals surface area contributed by atoms with Gasteiger partial charge in [0, 0.05) is 18.8 Å². The van der Waals surface area contributed by atoms with Gasteiger partial charge in [0.2, 0.25) is 0 Å². The van der Waals surface area contributed by atoms with Crippen LogP contribution in [0.25, 0.3) is 0 Å². The van der Waals surface area contributed by atoms with Crippen LogP contribution in [-0.4, -0.2) is 57.2 Å². The first-order chi connectivity index (χ1) is 9.77. The average molecular weight is 316 g/mol. The Labute approximate surface area is 132 Å². The van der Waals surface area contributed by atoms with Crippen molar-refractivity contribution < 1.29 is 14.7 Å². The van der Waals surface area contributed by atoms with Crippen molar-refractivity contribution in [3.05, 3.63) is 0 Å². The molecule has 1 saturated heterocycles. The quantitative estimate of drug-likeness (QED) is 0.818. The van der Waals surface area contributed by atoms with Crippen molar-refractivity contribution in [3.63, 3.8) is 0 Å². The maximum Gasteiger partial charge on any atom is 0.327 e. The molecule has 2 atom stereocenters. The zero-order valence-corrected chi connectivity index (χ0v) is 14.5. The fraction of sp³-hybridized carbons (Fsp3) is 0.867. The maximum absolute atomic E-state index is 12.9. The molecular weight excluding hydrogens is 288 g/mol. The van der Waals surface area contributed by atoms with E-state index in [0.29, 0.717) is 30.7 Å². The van der Waals surface area contributed by atoms with Crippen LogP contribution in [0.3, 0.4) is 0 Å². The molecule has 2 unspecified atom stereocenters. The molecule has 5 nitrogen and oxygen atoms in total. The van der Waals surface area contributed by atoms with Crippen LogP contribution in [0.15, 0.2) is 0 Å². The molecule has 0 saturated carbocycles. The Morgan fingerprint density at radius 2 is 1.76 bits per heavy atom. The van der Waals surface area contributed by atoms with Crippen LogP contribution in [0.5, 0.6) is 0 Å². The largest absolute Gasteiger partial charge is 0.480 e. The molecule has 0 aliphatic carbocycles. The van der Waals surface area contributed by atoms with Crippen LogP contribution in [0.1, 0.15) is 41.0 Å². The molecule has 1 aliphatic rings. The molecule has 1 N–H and O–H groups in total. The lowest BCUT2D eigenvalue weighted by atomic mass is 10.1. The summed E-state index contributed by atoms with van der Waals surface area (Å²) in [5.74, 6) is 0.315. The minimum Gasteiger partial charge on any atom is -0.480 e. The van der Waals surface area contributed by atoms with E-state index in [1.807, 2.05) is 11.8 Å². The monoisotopic (exact) mass is 316 g/mol. The topological polar surface area (TPSA) is 60.9 Å². The number of carbonyl (C=O) groups excluding carboxylic acids is 1. The van der Waals surface area contributed by atoms with Crippen molar-refractivity contribution in [2.24, 2.45) is 11.8 Å². The first-order valence-electron chi connectivity index (χ1n) is 7.69. The van der Waals surface area contributed by atoms with Crippen LogP contribution >= 0.6 is 11.8 Å². The van der Waals surface area contributed by atoms with Crippen LogP contribution in [0.2, 0.25) is 0 Å². The van der Waals surface area contributed by atoms with Gasteiger partial charge in [-0.2, -0.15) is 0 Å². The van der Waals surface area contributed by atoms with Gasteiger partial charge in [0.25, 0.3) is 0 Å². The summed E-state index contributed by atoms with van der Waals surface area (Å²) in [7, 11) is 0. The van der Waals surface area contributed by atoms with Crippen molar-refractivity contribution in [3.8, 4) is 0 Å². The van der Waals surface area contributed by atoms with Gasteiger partial charge in [-0.1, -0.05) is 34.6 Å². The van der Waals surface area contributed by atoms with Gasteiger partial charge in [0.1, 0.15) is 6.04 Å². The normalized spacial score (nSPS) is 22.1. The van der Waals surface area contributed by atoms with E-state index in [9.17, 15) is 14.7 Å². The van der Waals surface area contributed by atoms with Gasteiger partial charge in [-0.15, -0.1) is 11.8 Å². The Balaban J connectivity index is 2.94. The standard InChI is InChI=1S/C15H28N2O3S/c1-6-13-17(12(9-21-13)14(18)19)15(20)16(7-10(2)3)8-11(4)5/h10-13H,6-9H2,1-5H3,(H,18,19). The molecule has 0 spiro atoms. The zero-order chi connectivity index (χ0) is 16.2. The Morgan fingerprint density at radius 1 is 1.24 bits per heavy atom. The zero-order valence-electron chi connectivity index (χ0n) is 13.7. The van der Waals surface area contributed by atoms with Crippen LogP contribution in [-0.2, 0) is 4.79 Å². The van der Waals surface area contributed by atoms with Gasteiger partial charge in [-0.05, 0) is 18.3 Å². The SMILES string of the molecule is CCC1SCC(C(=O)O)N1C(=O)N(CC(C)C)CC(C)C. The third-order valence-corrected chi connectivity index (χ3v) is 4.84. The molecule has 0 aromatic carbocycles. The molecule has 0 aromatic heterocycles. The second kappa shape index (κ2) is 7.92. The van der Waals surface area contributed by atoms with Crippen molar-refractivity contribution in [2.45, 2.75) is 52.5 Å². The van der Waals surface area contributed by atoms with Crippen molar-refractivity contribution in [2.75, 3.05) is 18.8 Å². The molecule has 21 heavy (non-hydrogen) atoms. The summed E-state index contributed by atoms with van der Waals surface area (Å²) in [6.07, 6.45) is 0.775. The molecule has 6 heteroatoms. The van der Waals surface area contributed by atoms with Crippen molar-refractivity contribution in [1.82, 2.24) is 9.80 Å². The van der Waals surface area contributed by atoms with Crippen LogP contribution in [0, 0.1) is 11.8 Å². The van der Waals surface area contributed by atoms with Crippen molar-refractivity contribution >= 4 is 23.8 Å². The highest BCUT2D eigenvalue weighted by Gasteiger charge is 2.42. The number of rotatable bonds is 6. The minimum atomic E-state index is -0.902. The molecular formula is C15H28N2O3S. The lowest BCUT2D eigenvalue weighted by Crippen LogP contribution is -2.53. The molecule has 1 heterocycles. The number of hydrogen-bond donors (Lipinski definition) is 1. The number of thioether (sulfide) groups is 1. The van der Waals surface area contributed by atoms with Crippen molar-refractivity contribution in [1.29, 1.82) is 0 Å². The molecule has 122 valence electrons. The maximum atomic E-state index is 12.9. The lowest BCUT2D eigenvalue weighted by Gasteiger charge is -2.35. The Morgan fingerprint density at radius 3 is 2.14 bits per heavy atom. The highest BCUT2D eigenvalue weighted by Crippen LogP contribution is 2.32. The van der Waals surface area contributed by atoms with Gasteiger partial charge in [0.15, 0.2) is 0 Å². The van der Waals surface area contributed by atoms with Gasteiger partial charge >= 0.3 is 12.0 Å². The van der Waals surface area contributed by atoms with E-state index in [0.717, 1.165) is 6.42 Å². The highest BCUT2D eigenvalue weighted by molar-refractivity contribution is 8.00. The number of aliphatic carboxylic acids is 1. The second-order valence-electron chi connectivity index (χ2n) is 6.43. The second-order valence-corrected chi connectivity index (χ2v) is 7.64. The van der Waals surface area contributed by atoms with Gasteiger partial charge < -0.3 is 10.0 Å². The summed E-state index contributed by atoms with van der Waals surface area (Å²) in [5.41, 5.74) is 0. The average Bonchev–Trinajstić information content (AvgIpc) is 2.79. The Bertz CT molecular complexity index is 364. The Kier molecular flexibility index (Phi) is 6.84.